The van der Waals surface area contributed by atoms with Crippen molar-refractivity contribution in [2.75, 3.05) is 19.4 Å². The van der Waals surface area contributed by atoms with Crippen molar-refractivity contribution in [3.05, 3.63) is 89.3 Å². The molecule has 0 saturated heterocycles. The average molecular weight is 512 g/mol. The van der Waals surface area contributed by atoms with Crippen molar-refractivity contribution < 1.29 is 0 Å². The maximum atomic E-state index is 4.78. The van der Waals surface area contributed by atoms with Gasteiger partial charge in [-0.25, -0.2) is 15.0 Å². The second-order valence-corrected chi connectivity index (χ2v) is 10.8. The van der Waals surface area contributed by atoms with E-state index in [0.29, 0.717) is 0 Å². The highest BCUT2D eigenvalue weighted by Gasteiger charge is 2.15. The molecule has 4 aromatic heterocycles. The lowest BCUT2D eigenvalue weighted by Crippen LogP contribution is -2.11. The Morgan fingerprint density at radius 2 is 1.97 bits per heavy atom. The fraction of sp³-hybridized carbons (Fsp3) is 0.310. The molecule has 0 spiro atoms. The van der Waals surface area contributed by atoms with Crippen LogP contribution in [0.2, 0.25) is 0 Å². The van der Waals surface area contributed by atoms with Crippen molar-refractivity contribution >= 4 is 28.1 Å². The minimum absolute atomic E-state index is 0.107. The summed E-state index contributed by atoms with van der Waals surface area (Å²) in [7, 11) is 4.22. The minimum Gasteiger partial charge on any atom is -0.362 e. The first-order valence-electron chi connectivity index (χ1n) is 12.6. The third-order valence-electron chi connectivity index (χ3n) is 6.34. The van der Waals surface area contributed by atoms with Crippen LogP contribution < -0.4 is 5.32 Å². The summed E-state index contributed by atoms with van der Waals surface area (Å²) in [5, 5.41) is 4.68. The number of hydrogen-bond acceptors (Lipinski definition) is 7. The first-order chi connectivity index (χ1) is 18.0. The Balaban J connectivity index is 1.35. The predicted molar refractivity (Wildman–Crippen MR) is 152 cm³/mol. The monoisotopic (exact) mass is 511 g/mol. The molecule has 0 bridgehead atoms. The Hall–Kier alpha value is -3.62. The van der Waals surface area contributed by atoms with Crippen LogP contribution in [-0.2, 0) is 19.5 Å². The van der Waals surface area contributed by atoms with Crippen molar-refractivity contribution in [1.29, 1.82) is 0 Å². The Morgan fingerprint density at radius 1 is 1.11 bits per heavy atom. The lowest BCUT2D eigenvalue weighted by Gasteiger charge is -2.16. The zero-order chi connectivity index (χ0) is 25.8. The van der Waals surface area contributed by atoms with Crippen LogP contribution in [0.5, 0.6) is 0 Å². The molecule has 5 aromatic rings. The highest BCUT2D eigenvalue weighted by atomic mass is 32.1. The summed E-state index contributed by atoms with van der Waals surface area (Å²) < 4.78 is 2.09. The molecule has 0 fully saturated rings. The number of nitrogens with zero attached hydrogens (tertiary/aromatic N) is 6. The van der Waals surface area contributed by atoms with Gasteiger partial charge in [0.1, 0.15) is 11.6 Å². The number of pyridine rings is 1. The number of nitrogens with one attached hydrogen (secondary N) is 1. The molecule has 0 aliphatic rings. The van der Waals surface area contributed by atoms with Gasteiger partial charge >= 0.3 is 0 Å². The molecular weight excluding hydrogens is 478 g/mol. The van der Waals surface area contributed by atoms with E-state index < -0.39 is 0 Å². The molecule has 1 N–H and O–H groups in total. The molecule has 0 aliphatic heterocycles. The summed E-state index contributed by atoms with van der Waals surface area (Å²) in [6.45, 7) is 5.96. The first-order valence-corrected chi connectivity index (χ1v) is 13.5. The number of aryl methyl sites for hydroxylation is 3. The Kier molecular flexibility index (Phi) is 7.58. The van der Waals surface area contributed by atoms with Crippen LogP contribution in [0, 0.1) is 6.92 Å². The predicted octanol–water partition coefficient (Wildman–Crippen LogP) is 6.13. The quantitative estimate of drug-likeness (QED) is 0.243. The fourth-order valence-electron chi connectivity index (χ4n) is 4.55. The van der Waals surface area contributed by atoms with Gasteiger partial charge in [0.25, 0.3) is 0 Å². The van der Waals surface area contributed by atoms with Gasteiger partial charge in [-0.3, -0.25) is 4.98 Å². The largest absolute Gasteiger partial charge is 0.362 e. The van der Waals surface area contributed by atoms with Gasteiger partial charge in [-0.2, -0.15) is 0 Å². The van der Waals surface area contributed by atoms with Gasteiger partial charge in [-0.1, -0.05) is 24.3 Å². The van der Waals surface area contributed by atoms with Gasteiger partial charge in [0, 0.05) is 46.3 Å². The summed E-state index contributed by atoms with van der Waals surface area (Å²) in [5.41, 5.74) is 4.55. The Bertz CT molecular complexity index is 1470. The molecule has 0 radical (unpaired) electrons. The molecule has 5 rings (SSSR count). The van der Waals surface area contributed by atoms with E-state index in [1.54, 1.807) is 0 Å². The molecule has 1 atom stereocenters. The molecule has 4 heterocycles. The Morgan fingerprint density at radius 3 is 2.78 bits per heavy atom. The van der Waals surface area contributed by atoms with E-state index in [4.69, 9.17) is 4.98 Å². The van der Waals surface area contributed by atoms with E-state index in [1.165, 1.54) is 20.9 Å². The topological polar surface area (TPSA) is 71.8 Å². The van der Waals surface area contributed by atoms with Gasteiger partial charge in [0.15, 0.2) is 0 Å². The lowest BCUT2D eigenvalue weighted by molar-refractivity contribution is 0.403. The minimum atomic E-state index is 0.107. The molecule has 1 aromatic carbocycles. The lowest BCUT2D eigenvalue weighted by atomic mass is 10.1. The van der Waals surface area contributed by atoms with Crippen LogP contribution >= 0.6 is 11.3 Å². The van der Waals surface area contributed by atoms with Crippen LogP contribution in [-0.4, -0.2) is 43.5 Å². The number of hydrogen-bond donors (Lipinski definition) is 1. The van der Waals surface area contributed by atoms with Crippen LogP contribution in [0.3, 0.4) is 0 Å². The second-order valence-electron chi connectivity index (χ2n) is 9.68. The van der Waals surface area contributed by atoms with Crippen LogP contribution in [0.1, 0.15) is 41.3 Å². The van der Waals surface area contributed by atoms with Crippen molar-refractivity contribution in [2.45, 2.75) is 45.8 Å². The molecule has 8 heteroatoms. The standard InChI is InChI=1S/C29H33N7S/c1-20(27-11-12-28(37-27)24-10-6-5-8-22(24)18-35(3)4)32-29-25-16-23(9-7-14-36-15-13-30-19-36)31-17-26(25)33-21(2)34-29/h5-6,8,10-13,15-17,19-20H,7,9,14,18H2,1-4H3,(H,32,33,34). The van der Waals surface area contributed by atoms with Crippen molar-refractivity contribution in [2.24, 2.45) is 0 Å². The van der Waals surface area contributed by atoms with E-state index in [-0.39, 0.29) is 6.04 Å². The number of fused-ring (bicyclic) bond motifs is 1. The zero-order valence-electron chi connectivity index (χ0n) is 21.8. The van der Waals surface area contributed by atoms with Gasteiger partial charge in [0.05, 0.1) is 24.1 Å². The first kappa shape index (κ1) is 25.0. The number of rotatable bonds is 10. The smallest absolute Gasteiger partial charge is 0.138 e. The molecule has 37 heavy (non-hydrogen) atoms. The number of aromatic nitrogens is 5. The Labute approximate surface area is 222 Å². The molecule has 0 aliphatic carbocycles. The van der Waals surface area contributed by atoms with E-state index in [9.17, 15) is 0 Å². The SMILES string of the molecule is Cc1nc(NC(C)c2ccc(-c3ccccc3CN(C)C)s2)c2cc(CCCn3ccnc3)ncc2n1. The summed E-state index contributed by atoms with van der Waals surface area (Å²) in [5.74, 6) is 1.59. The molecule has 0 saturated carbocycles. The number of imidazole rings is 1. The van der Waals surface area contributed by atoms with Gasteiger partial charge < -0.3 is 14.8 Å². The molecule has 7 nitrogen and oxygen atoms in total. The third-order valence-corrected chi connectivity index (χ3v) is 7.64. The normalized spacial score (nSPS) is 12.4. The highest BCUT2D eigenvalue weighted by molar-refractivity contribution is 7.15. The fourth-order valence-corrected chi connectivity index (χ4v) is 5.62. The van der Waals surface area contributed by atoms with E-state index in [0.717, 1.165) is 54.2 Å². The van der Waals surface area contributed by atoms with Gasteiger partial charge in [-0.05, 0) is 70.1 Å². The number of anilines is 1. The summed E-state index contributed by atoms with van der Waals surface area (Å²) in [6, 6.07) is 15.4. The van der Waals surface area contributed by atoms with Crippen molar-refractivity contribution in [3.8, 4) is 10.4 Å². The van der Waals surface area contributed by atoms with E-state index >= 15 is 0 Å². The molecule has 1 unspecified atom stereocenters. The summed E-state index contributed by atoms with van der Waals surface area (Å²) in [6.07, 6.45) is 9.41. The highest BCUT2D eigenvalue weighted by Crippen LogP contribution is 2.35. The zero-order valence-corrected chi connectivity index (χ0v) is 22.7. The molecular formula is C29H33N7S. The van der Waals surface area contributed by atoms with Crippen molar-refractivity contribution in [3.63, 3.8) is 0 Å². The van der Waals surface area contributed by atoms with Crippen LogP contribution in [0.25, 0.3) is 21.3 Å². The number of benzene rings is 1. The van der Waals surface area contributed by atoms with Crippen LogP contribution in [0.15, 0.2) is 67.4 Å². The van der Waals surface area contributed by atoms with Crippen molar-refractivity contribution in [1.82, 2.24) is 29.4 Å². The van der Waals surface area contributed by atoms with Gasteiger partial charge in [0.2, 0.25) is 0 Å². The maximum Gasteiger partial charge on any atom is 0.138 e. The number of thiophene rings is 1. The third kappa shape index (κ3) is 6.03. The van der Waals surface area contributed by atoms with E-state index in [1.807, 2.05) is 43.2 Å². The van der Waals surface area contributed by atoms with E-state index in [2.05, 4.69) is 93.2 Å². The second kappa shape index (κ2) is 11.2. The summed E-state index contributed by atoms with van der Waals surface area (Å²) >= 11 is 1.83. The molecule has 0 amide bonds. The average Bonchev–Trinajstić information content (AvgIpc) is 3.57. The van der Waals surface area contributed by atoms with Gasteiger partial charge in [-0.15, -0.1) is 11.3 Å². The molecule has 190 valence electrons. The summed E-state index contributed by atoms with van der Waals surface area (Å²) in [4.78, 5) is 23.0. The van der Waals surface area contributed by atoms with Crippen LogP contribution in [0.4, 0.5) is 5.82 Å². The maximum absolute atomic E-state index is 4.78.